The fraction of sp³-hybridized carbons (Fsp3) is 0.462. The predicted octanol–water partition coefficient (Wildman–Crippen LogP) is 3.67. The van der Waals surface area contributed by atoms with Crippen LogP contribution in [0.25, 0.3) is 0 Å². The third-order valence-corrected chi connectivity index (χ3v) is 3.21. The standard InChI is InChI=1S/C13H18Cl2N2O2/c1-2-10(18)4-3-7-16-13(19)17-12-8-9(14)5-6-11(12)15/h5-6,8,10,18H,2-4,7H2,1H3,(H2,16,17,19)/t10-/m0/s1. The van der Waals surface area contributed by atoms with Crippen molar-refractivity contribution >= 4 is 34.9 Å². The molecule has 3 N–H and O–H groups in total. The second kappa shape index (κ2) is 8.25. The summed E-state index contributed by atoms with van der Waals surface area (Å²) in [5, 5.41) is 15.6. The molecular formula is C13H18Cl2N2O2. The van der Waals surface area contributed by atoms with Crippen molar-refractivity contribution < 1.29 is 9.90 Å². The average molecular weight is 305 g/mol. The topological polar surface area (TPSA) is 61.4 Å². The first-order valence-electron chi connectivity index (χ1n) is 6.21. The van der Waals surface area contributed by atoms with Crippen LogP contribution in [0.5, 0.6) is 0 Å². The maximum atomic E-state index is 11.6. The molecule has 1 rings (SSSR count). The Balaban J connectivity index is 2.33. The molecule has 0 aromatic heterocycles. The Morgan fingerprint density at radius 2 is 2.16 bits per heavy atom. The molecule has 4 nitrogen and oxygen atoms in total. The second-order valence-corrected chi connectivity index (χ2v) is 5.05. The highest BCUT2D eigenvalue weighted by molar-refractivity contribution is 6.35. The number of halogens is 2. The quantitative estimate of drug-likeness (QED) is 0.702. The van der Waals surface area contributed by atoms with Crippen LogP contribution < -0.4 is 10.6 Å². The molecule has 0 heterocycles. The molecule has 0 aliphatic carbocycles. The Morgan fingerprint density at radius 1 is 1.42 bits per heavy atom. The number of amides is 2. The normalized spacial score (nSPS) is 12.0. The van der Waals surface area contributed by atoms with Crippen LogP contribution in [0.3, 0.4) is 0 Å². The van der Waals surface area contributed by atoms with Crippen molar-refractivity contribution in [3.8, 4) is 0 Å². The molecule has 19 heavy (non-hydrogen) atoms. The smallest absolute Gasteiger partial charge is 0.319 e. The molecule has 0 unspecified atom stereocenters. The van der Waals surface area contributed by atoms with Gasteiger partial charge < -0.3 is 15.7 Å². The Kier molecular flexibility index (Phi) is 6.99. The number of rotatable bonds is 6. The van der Waals surface area contributed by atoms with E-state index in [0.29, 0.717) is 28.7 Å². The van der Waals surface area contributed by atoms with E-state index in [4.69, 9.17) is 23.2 Å². The molecule has 0 saturated heterocycles. The molecule has 2 amide bonds. The van der Waals surface area contributed by atoms with Crippen molar-refractivity contribution in [1.29, 1.82) is 0 Å². The van der Waals surface area contributed by atoms with Gasteiger partial charge in [-0.25, -0.2) is 4.79 Å². The van der Waals surface area contributed by atoms with Gasteiger partial charge in [0.1, 0.15) is 0 Å². The van der Waals surface area contributed by atoms with Crippen LogP contribution in [0.1, 0.15) is 26.2 Å². The molecule has 0 fully saturated rings. The van der Waals surface area contributed by atoms with Gasteiger partial charge >= 0.3 is 6.03 Å². The van der Waals surface area contributed by atoms with E-state index in [-0.39, 0.29) is 12.1 Å². The van der Waals surface area contributed by atoms with E-state index in [1.807, 2.05) is 6.92 Å². The van der Waals surface area contributed by atoms with Crippen LogP contribution in [0.4, 0.5) is 10.5 Å². The highest BCUT2D eigenvalue weighted by atomic mass is 35.5. The van der Waals surface area contributed by atoms with E-state index in [1.54, 1.807) is 18.2 Å². The molecule has 1 aromatic carbocycles. The van der Waals surface area contributed by atoms with Crippen molar-refractivity contribution in [2.45, 2.75) is 32.3 Å². The highest BCUT2D eigenvalue weighted by Crippen LogP contribution is 2.25. The molecule has 106 valence electrons. The third kappa shape index (κ3) is 6.14. The number of anilines is 1. The lowest BCUT2D eigenvalue weighted by molar-refractivity contribution is 0.157. The largest absolute Gasteiger partial charge is 0.393 e. The summed E-state index contributed by atoms with van der Waals surface area (Å²) in [5.74, 6) is 0. The van der Waals surface area contributed by atoms with Crippen LogP contribution in [-0.2, 0) is 0 Å². The molecule has 1 atom stereocenters. The Labute approximate surface area is 123 Å². The van der Waals surface area contributed by atoms with Gasteiger partial charge in [0.05, 0.1) is 16.8 Å². The Hall–Kier alpha value is -0.970. The lowest BCUT2D eigenvalue weighted by Crippen LogP contribution is -2.30. The first-order valence-corrected chi connectivity index (χ1v) is 6.96. The predicted molar refractivity (Wildman–Crippen MR) is 79.0 cm³/mol. The molecule has 1 aromatic rings. The maximum Gasteiger partial charge on any atom is 0.319 e. The van der Waals surface area contributed by atoms with E-state index in [0.717, 1.165) is 12.8 Å². The lowest BCUT2D eigenvalue weighted by Gasteiger charge is -2.10. The van der Waals surface area contributed by atoms with Crippen molar-refractivity contribution in [1.82, 2.24) is 5.32 Å². The van der Waals surface area contributed by atoms with Gasteiger partial charge in [-0.1, -0.05) is 30.1 Å². The number of carbonyl (C=O) groups is 1. The SMILES string of the molecule is CC[C@H](O)CCCNC(=O)Nc1cc(Cl)ccc1Cl. The van der Waals surface area contributed by atoms with E-state index in [2.05, 4.69) is 10.6 Å². The van der Waals surface area contributed by atoms with Gasteiger partial charge in [-0.3, -0.25) is 0 Å². The monoisotopic (exact) mass is 304 g/mol. The van der Waals surface area contributed by atoms with Crippen molar-refractivity contribution in [3.63, 3.8) is 0 Å². The molecule has 0 radical (unpaired) electrons. The van der Waals surface area contributed by atoms with Gasteiger partial charge in [-0.2, -0.15) is 0 Å². The Morgan fingerprint density at radius 3 is 2.84 bits per heavy atom. The number of hydrogen-bond donors (Lipinski definition) is 3. The molecule has 0 aliphatic rings. The van der Waals surface area contributed by atoms with E-state index in [1.165, 1.54) is 0 Å². The molecule has 0 aliphatic heterocycles. The van der Waals surface area contributed by atoms with Crippen molar-refractivity contribution in [3.05, 3.63) is 28.2 Å². The molecule has 6 heteroatoms. The zero-order chi connectivity index (χ0) is 14.3. The van der Waals surface area contributed by atoms with Crippen LogP contribution in [0.2, 0.25) is 10.0 Å². The number of benzene rings is 1. The summed E-state index contributed by atoms with van der Waals surface area (Å²) < 4.78 is 0. The fourth-order valence-corrected chi connectivity index (χ4v) is 1.84. The summed E-state index contributed by atoms with van der Waals surface area (Å²) in [7, 11) is 0. The fourth-order valence-electron chi connectivity index (χ4n) is 1.50. The van der Waals surface area contributed by atoms with Gasteiger partial charge in [0.2, 0.25) is 0 Å². The average Bonchev–Trinajstić information content (AvgIpc) is 2.38. The summed E-state index contributed by atoms with van der Waals surface area (Å²) in [6, 6.07) is 4.52. The highest BCUT2D eigenvalue weighted by Gasteiger charge is 2.06. The number of aliphatic hydroxyl groups excluding tert-OH is 1. The van der Waals surface area contributed by atoms with Gasteiger partial charge in [0.25, 0.3) is 0 Å². The molecular weight excluding hydrogens is 287 g/mol. The summed E-state index contributed by atoms with van der Waals surface area (Å²) in [6.45, 7) is 2.42. The number of nitrogens with one attached hydrogen (secondary N) is 2. The van der Waals surface area contributed by atoms with Gasteiger partial charge in [-0.05, 0) is 37.5 Å². The minimum absolute atomic E-state index is 0.299. The maximum absolute atomic E-state index is 11.6. The lowest BCUT2D eigenvalue weighted by atomic mass is 10.1. The minimum atomic E-state index is -0.338. The third-order valence-electron chi connectivity index (χ3n) is 2.65. The van der Waals surface area contributed by atoms with Gasteiger partial charge in [0.15, 0.2) is 0 Å². The number of aliphatic hydroxyl groups is 1. The van der Waals surface area contributed by atoms with Crippen LogP contribution in [0, 0.1) is 0 Å². The molecule has 0 bridgehead atoms. The summed E-state index contributed by atoms with van der Waals surface area (Å²) in [4.78, 5) is 11.6. The van der Waals surface area contributed by atoms with E-state index < -0.39 is 0 Å². The first kappa shape index (κ1) is 16.1. The zero-order valence-corrected chi connectivity index (χ0v) is 12.3. The van der Waals surface area contributed by atoms with Gasteiger partial charge in [0, 0.05) is 11.6 Å². The van der Waals surface area contributed by atoms with Crippen molar-refractivity contribution in [2.75, 3.05) is 11.9 Å². The minimum Gasteiger partial charge on any atom is -0.393 e. The van der Waals surface area contributed by atoms with Crippen LogP contribution in [-0.4, -0.2) is 23.8 Å². The summed E-state index contributed by atoms with van der Waals surface area (Å²) in [6.07, 6.45) is 1.83. The second-order valence-electron chi connectivity index (χ2n) is 4.21. The summed E-state index contributed by atoms with van der Waals surface area (Å²) in [5.41, 5.74) is 0.472. The first-order chi connectivity index (χ1) is 9.02. The van der Waals surface area contributed by atoms with Crippen LogP contribution in [0.15, 0.2) is 18.2 Å². The Bertz CT molecular complexity index is 427. The number of urea groups is 1. The summed E-state index contributed by atoms with van der Waals surface area (Å²) >= 11 is 11.7. The zero-order valence-electron chi connectivity index (χ0n) is 10.7. The molecule has 0 saturated carbocycles. The van der Waals surface area contributed by atoms with E-state index in [9.17, 15) is 9.90 Å². The van der Waals surface area contributed by atoms with Gasteiger partial charge in [-0.15, -0.1) is 0 Å². The molecule has 0 spiro atoms. The van der Waals surface area contributed by atoms with Crippen molar-refractivity contribution in [2.24, 2.45) is 0 Å². The van der Waals surface area contributed by atoms with Crippen LogP contribution >= 0.6 is 23.2 Å². The number of carbonyl (C=O) groups excluding carboxylic acids is 1. The van der Waals surface area contributed by atoms with E-state index >= 15 is 0 Å². The number of hydrogen-bond acceptors (Lipinski definition) is 2.